The molecule has 0 spiro atoms. The van der Waals surface area contributed by atoms with E-state index in [4.69, 9.17) is 4.98 Å². The van der Waals surface area contributed by atoms with Crippen LogP contribution in [0.5, 0.6) is 0 Å². The molecular formula is C14H23N3S. The molecule has 1 N–H and O–H groups in total. The van der Waals surface area contributed by atoms with Crippen LogP contribution in [-0.4, -0.2) is 22.3 Å². The van der Waals surface area contributed by atoms with Crippen LogP contribution in [0.1, 0.15) is 51.8 Å². The van der Waals surface area contributed by atoms with Gasteiger partial charge in [0.05, 0.1) is 0 Å². The Kier molecular flexibility index (Phi) is 4.87. The Morgan fingerprint density at radius 1 is 1.39 bits per heavy atom. The van der Waals surface area contributed by atoms with E-state index in [9.17, 15) is 0 Å². The summed E-state index contributed by atoms with van der Waals surface area (Å²) in [4.78, 5) is 9.29. The van der Waals surface area contributed by atoms with E-state index in [1.807, 2.05) is 11.8 Å². The first kappa shape index (κ1) is 13.7. The maximum Gasteiger partial charge on any atom is 0.135 e. The summed E-state index contributed by atoms with van der Waals surface area (Å²) in [6.45, 7) is 7.55. The third kappa shape index (κ3) is 3.87. The molecule has 0 bridgehead atoms. The van der Waals surface area contributed by atoms with Gasteiger partial charge in [0.25, 0.3) is 0 Å². The first-order valence-electron chi connectivity index (χ1n) is 6.98. The Morgan fingerprint density at radius 3 is 2.78 bits per heavy atom. The number of nitrogens with one attached hydrogen (secondary N) is 1. The monoisotopic (exact) mass is 265 g/mol. The summed E-state index contributed by atoms with van der Waals surface area (Å²) in [6, 6.07) is 2.09. The summed E-state index contributed by atoms with van der Waals surface area (Å²) in [6.07, 6.45) is 3.74. The highest BCUT2D eigenvalue weighted by atomic mass is 32.2. The molecule has 0 aromatic carbocycles. The second-order valence-corrected chi connectivity index (χ2v) is 6.12. The first-order chi connectivity index (χ1) is 8.72. The number of hydrogen-bond donors (Lipinski definition) is 1. The Labute approximate surface area is 114 Å². The lowest BCUT2D eigenvalue weighted by Gasteiger charge is -2.10. The topological polar surface area (TPSA) is 37.8 Å². The zero-order valence-electron chi connectivity index (χ0n) is 11.6. The molecule has 1 heterocycles. The number of anilines is 1. The van der Waals surface area contributed by atoms with E-state index < -0.39 is 0 Å². The molecule has 1 saturated carbocycles. The molecule has 1 aromatic rings. The van der Waals surface area contributed by atoms with Crippen molar-refractivity contribution < 1.29 is 0 Å². The van der Waals surface area contributed by atoms with E-state index in [1.54, 1.807) is 0 Å². The molecule has 18 heavy (non-hydrogen) atoms. The molecule has 0 amide bonds. The van der Waals surface area contributed by atoms with Gasteiger partial charge < -0.3 is 5.32 Å². The van der Waals surface area contributed by atoms with Crippen LogP contribution in [0.3, 0.4) is 0 Å². The second-order valence-electron chi connectivity index (χ2n) is 5.08. The van der Waals surface area contributed by atoms with Gasteiger partial charge in [-0.25, -0.2) is 9.97 Å². The number of nitrogens with zero attached hydrogens (tertiary/aromatic N) is 2. The van der Waals surface area contributed by atoms with E-state index in [0.717, 1.165) is 34.9 Å². The van der Waals surface area contributed by atoms with Crippen molar-refractivity contribution in [2.45, 2.75) is 51.0 Å². The molecule has 2 rings (SSSR count). The van der Waals surface area contributed by atoms with Crippen molar-refractivity contribution in [1.29, 1.82) is 0 Å². The van der Waals surface area contributed by atoms with Gasteiger partial charge in [-0.05, 0) is 25.7 Å². The van der Waals surface area contributed by atoms with Crippen molar-refractivity contribution in [3.63, 3.8) is 0 Å². The van der Waals surface area contributed by atoms with Gasteiger partial charge in [-0.1, -0.05) is 20.3 Å². The lowest BCUT2D eigenvalue weighted by molar-refractivity contribution is 0.636. The van der Waals surface area contributed by atoms with E-state index in [-0.39, 0.29) is 0 Å². The minimum atomic E-state index is 0.617. The van der Waals surface area contributed by atoms with Crippen LogP contribution in [0.2, 0.25) is 0 Å². The fraction of sp³-hybridized carbons (Fsp3) is 0.714. The van der Waals surface area contributed by atoms with Gasteiger partial charge in [-0.3, -0.25) is 0 Å². The fourth-order valence-electron chi connectivity index (χ4n) is 1.66. The first-order valence-corrected chi connectivity index (χ1v) is 7.97. The van der Waals surface area contributed by atoms with Gasteiger partial charge in [-0.15, -0.1) is 11.8 Å². The zero-order valence-corrected chi connectivity index (χ0v) is 12.4. The maximum absolute atomic E-state index is 4.70. The minimum Gasteiger partial charge on any atom is -0.370 e. The molecule has 1 atom stereocenters. The summed E-state index contributed by atoms with van der Waals surface area (Å²) >= 11 is 1.86. The predicted molar refractivity (Wildman–Crippen MR) is 78.3 cm³/mol. The van der Waals surface area contributed by atoms with Gasteiger partial charge in [0, 0.05) is 24.3 Å². The molecule has 0 radical (unpaired) electrons. The van der Waals surface area contributed by atoms with Crippen LogP contribution in [0.15, 0.2) is 11.1 Å². The second kappa shape index (κ2) is 6.41. The number of aromatic nitrogens is 2. The molecule has 1 unspecified atom stereocenters. The van der Waals surface area contributed by atoms with Crippen molar-refractivity contribution in [1.82, 2.24) is 9.97 Å². The molecule has 1 aromatic heterocycles. The number of rotatable bonds is 7. The molecule has 1 fully saturated rings. The van der Waals surface area contributed by atoms with Gasteiger partial charge >= 0.3 is 0 Å². The molecule has 0 saturated heterocycles. The lowest BCUT2D eigenvalue weighted by atomic mass is 10.2. The molecular weight excluding hydrogens is 242 g/mol. The third-order valence-corrected chi connectivity index (χ3v) is 4.47. The SMILES string of the molecule is CCNc1cc(SCC(C)CC)nc(C2CC2)n1. The van der Waals surface area contributed by atoms with Gasteiger partial charge in [-0.2, -0.15) is 0 Å². The Balaban J connectivity index is 2.07. The zero-order chi connectivity index (χ0) is 13.0. The van der Waals surface area contributed by atoms with Crippen molar-refractivity contribution in [3.05, 3.63) is 11.9 Å². The summed E-state index contributed by atoms with van der Waals surface area (Å²) in [7, 11) is 0. The highest BCUT2D eigenvalue weighted by Crippen LogP contribution is 2.39. The summed E-state index contributed by atoms with van der Waals surface area (Å²) in [5.41, 5.74) is 0. The van der Waals surface area contributed by atoms with Crippen LogP contribution in [-0.2, 0) is 0 Å². The van der Waals surface area contributed by atoms with E-state index in [2.05, 4.69) is 37.1 Å². The Hall–Kier alpha value is -0.770. The van der Waals surface area contributed by atoms with Gasteiger partial charge in [0.1, 0.15) is 16.7 Å². The van der Waals surface area contributed by atoms with Crippen LogP contribution >= 0.6 is 11.8 Å². The molecule has 3 nitrogen and oxygen atoms in total. The Morgan fingerprint density at radius 2 is 2.17 bits per heavy atom. The quantitative estimate of drug-likeness (QED) is 0.599. The summed E-state index contributed by atoms with van der Waals surface area (Å²) in [5.74, 6) is 4.54. The summed E-state index contributed by atoms with van der Waals surface area (Å²) in [5, 5.41) is 4.44. The van der Waals surface area contributed by atoms with Crippen molar-refractivity contribution >= 4 is 17.6 Å². The van der Waals surface area contributed by atoms with Crippen molar-refractivity contribution in [2.75, 3.05) is 17.6 Å². The van der Waals surface area contributed by atoms with Gasteiger partial charge in [0.2, 0.25) is 0 Å². The smallest absolute Gasteiger partial charge is 0.135 e. The molecule has 100 valence electrons. The van der Waals surface area contributed by atoms with Crippen LogP contribution in [0.25, 0.3) is 0 Å². The van der Waals surface area contributed by atoms with E-state index >= 15 is 0 Å². The fourth-order valence-corrected chi connectivity index (χ4v) is 2.70. The molecule has 1 aliphatic rings. The van der Waals surface area contributed by atoms with E-state index in [0.29, 0.717) is 5.92 Å². The third-order valence-electron chi connectivity index (χ3n) is 3.23. The average molecular weight is 265 g/mol. The lowest BCUT2D eigenvalue weighted by Crippen LogP contribution is -2.04. The highest BCUT2D eigenvalue weighted by Gasteiger charge is 2.27. The normalized spacial score (nSPS) is 16.6. The standard InChI is InChI=1S/C14H23N3S/c1-4-10(3)9-18-13-8-12(15-5-2)16-14(17-13)11-6-7-11/h8,10-11H,4-7,9H2,1-3H3,(H,15,16,17). The number of thioether (sulfide) groups is 1. The van der Waals surface area contributed by atoms with Gasteiger partial charge in [0.15, 0.2) is 0 Å². The van der Waals surface area contributed by atoms with Crippen LogP contribution < -0.4 is 5.32 Å². The number of hydrogen-bond acceptors (Lipinski definition) is 4. The van der Waals surface area contributed by atoms with Crippen LogP contribution in [0, 0.1) is 5.92 Å². The maximum atomic E-state index is 4.70. The largest absolute Gasteiger partial charge is 0.370 e. The Bertz CT molecular complexity index is 391. The molecule has 1 aliphatic carbocycles. The summed E-state index contributed by atoms with van der Waals surface area (Å²) < 4.78 is 0. The molecule has 4 heteroatoms. The van der Waals surface area contributed by atoms with Crippen LogP contribution in [0.4, 0.5) is 5.82 Å². The predicted octanol–water partition coefficient (Wildman–Crippen LogP) is 3.92. The highest BCUT2D eigenvalue weighted by molar-refractivity contribution is 7.99. The molecule has 0 aliphatic heterocycles. The minimum absolute atomic E-state index is 0.617. The van der Waals surface area contributed by atoms with E-state index in [1.165, 1.54) is 19.3 Å². The van der Waals surface area contributed by atoms with Crippen molar-refractivity contribution in [3.8, 4) is 0 Å². The average Bonchev–Trinajstić information content (AvgIpc) is 3.20. The van der Waals surface area contributed by atoms with Crippen molar-refractivity contribution in [2.24, 2.45) is 5.92 Å².